The van der Waals surface area contributed by atoms with Crippen LogP contribution in [0.2, 0.25) is 5.02 Å². The average molecular weight is 272 g/mol. The molecule has 18 heavy (non-hydrogen) atoms. The quantitative estimate of drug-likeness (QED) is 0.798. The summed E-state index contributed by atoms with van der Waals surface area (Å²) in [4.78, 5) is 0. The Bertz CT molecular complexity index is 385. The molecule has 1 nitrogen and oxygen atoms in total. The van der Waals surface area contributed by atoms with Crippen molar-refractivity contribution in [2.75, 3.05) is 6.54 Å². The van der Waals surface area contributed by atoms with Gasteiger partial charge in [0.2, 0.25) is 0 Å². The maximum atomic E-state index is 13.3. The SMILES string of the molecule is CCNC(CCC(C)(C)C)c1cc(F)ccc1Cl. The number of rotatable bonds is 5. The molecule has 1 unspecified atom stereocenters. The van der Waals surface area contributed by atoms with Gasteiger partial charge in [-0.25, -0.2) is 4.39 Å². The van der Waals surface area contributed by atoms with E-state index in [9.17, 15) is 4.39 Å². The second kappa shape index (κ2) is 6.53. The van der Waals surface area contributed by atoms with Crippen molar-refractivity contribution in [1.82, 2.24) is 5.32 Å². The smallest absolute Gasteiger partial charge is 0.123 e. The largest absolute Gasteiger partial charge is 0.310 e. The van der Waals surface area contributed by atoms with Crippen LogP contribution in [-0.2, 0) is 0 Å². The summed E-state index contributed by atoms with van der Waals surface area (Å²) in [6.07, 6.45) is 2.03. The van der Waals surface area contributed by atoms with E-state index in [1.807, 2.05) is 0 Å². The van der Waals surface area contributed by atoms with Gasteiger partial charge in [0.1, 0.15) is 5.82 Å². The van der Waals surface area contributed by atoms with Crippen LogP contribution in [0.15, 0.2) is 18.2 Å². The second-order valence-corrected chi connectivity index (χ2v) is 6.28. The standard InChI is InChI=1S/C15H23ClFN/c1-5-18-14(8-9-15(2,3)4)12-10-11(17)6-7-13(12)16/h6-7,10,14,18H,5,8-9H2,1-4H3. The molecule has 0 amide bonds. The molecule has 0 spiro atoms. The molecule has 1 aromatic rings. The summed E-state index contributed by atoms with van der Waals surface area (Å²) in [6, 6.07) is 4.70. The van der Waals surface area contributed by atoms with Crippen LogP contribution in [0.3, 0.4) is 0 Å². The summed E-state index contributed by atoms with van der Waals surface area (Å²) in [5.41, 5.74) is 1.13. The fourth-order valence-electron chi connectivity index (χ4n) is 1.97. The molecule has 0 aliphatic rings. The lowest BCUT2D eigenvalue weighted by Crippen LogP contribution is -2.23. The Morgan fingerprint density at radius 1 is 1.33 bits per heavy atom. The first kappa shape index (κ1) is 15.5. The highest BCUT2D eigenvalue weighted by atomic mass is 35.5. The molecule has 0 saturated heterocycles. The van der Waals surface area contributed by atoms with Crippen LogP contribution in [0, 0.1) is 11.2 Å². The van der Waals surface area contributed by atoms with E-state index < -0.39 is 0 Å². The third-order valence-corrected chi connectivity index (χ3v) is 3.31. The van der Waals surface area contributed by atoms with Crippen LogP contribution in [-0.4, -0.2) is 6.54 Å². The van der Waals surface area contributed by atoms with E-state index in [0.717, 1.165) is 24.9 Å². The van der Waals surface area contributed by atoms with Gasteiger partial charge in [-0.05, 0) is 48.6 Å². The highest BCUT2D eigenvalue weighted by Gasteiger charge is 2.18. The van der Waals surface area contributed by atoms with Gasteiger partial charge < -0.3 is 5.32 Å². The molecule has 102 valence electrons. The van der Waals surface area contributed by atoms with Crippen molar-refractivity contribution in [3.63, 3.8) is 0 Å². The lowest BCUT2D eigenvalue weighted by Gasteiger charge is -2.24. The molecule has 1 rings (SSSR count). The number of hydrogen-bond acceptors (Lipinski definition) is 1. The topological polar surface area (TPSA) is 12.0 Å². The van der Waals surface area contributed by atoms with Gasteiger partial charge in [0, 0.05) is 11.1 Å². The number of benzene rings is 1. The molecular weight excluding hydrogens is 249 g/mol. The molecule has 0 radical (unpaired) electrons. The van der Waals surface area contributed by atoms with Gasteiger partial charge in [0.25, 0.3) is 0 Å². The van der Waals surface area contributed by atoms with Crippen molar-refractivity contribution in [3.8, 4) is 0 Å². The Balaban J connectivity index is 2.86. The van der Waals surface area contributed by atoms with Crippen LogP contribution in [0.1, 0.15) is 52.1 Å². The molecule has 0 fully saturated rings. The Morgan fingerprint density at radius 2 is 2.00 bits per heavy atom. The third kappa shape index (κ3) is 4.95. The summed E-state index contributed by atoms with van der Waals surface area (Å²) in [5, 5.41) is 4.02. The summed E-state index contributed by atoms with van der Waals surface area (Å²) in [5.74, 6) is -0.229. The van der Waals surface area contributed by atoms with Crippen LogP contribution >= 0.6 is 11.6 Å². The van der Waals surface area contributed by atoms with Gasteiger partial charge in [-0.2, -0.15) is 0 Å². The molecule has 1 atom stereocenters. The van der Waals surface area contributed by atoms with Crippen molar-refractivity contribution >= 4 is 11.6 Å². The minimum atomic E-state index is -0.229. The summed E-state index contributed by atoms with van der Waals surface area (Å²) in [6.45, 7) is 9.54. The lowest BCUT2D eigenvalue weighted by molar-refractivity contribution is 0.333. The number of nitrogens with one attached hydrogen (secondary N) is 1. The Labute approximate surface area is 115 Å². The van der Waals surface area contributed by atoms with Crippen LogP contribution in [0.4, 0.5) is 4.39 Å². The van der Waals surface area contributed by atoms with E-state index in [4.69, 9.17) is 11.6 Å². The molecule has 1 aromatic carbocycles. The maximum Gasteiger partial charge on any atom is 0.123 e. The fourth-order valence-corrected chi connectivity index (χ4v) is 2.22. The third-order valence-electron chi connectivity index (χ3n) is 2.97. The zero-order valence-electron chi connectivity index (χ0n) is 11.7. The Hall–Kier alpha value is -0.600. The van der Waals surface area contributed by atoms with Gasteiger partial charge in [-0.1, -0.05) is 39.3 Å². The van der Waals surface area contributed by atoms with Crippen LogP contribution < -0.4 is 5.32 Å². The Morgan fingerprint density at radius 3 is 2.56 bits per heavy atom. The van der Waals surface area contributed by atoms with Crippen molar-refractivity contribution in [1.29, 1.82) is 0 Å². The number of hydrogen-bond donors (Lipinski definition) is 1. The van der Waals surface area contributed by atoms with Crippen LogP contribution in [0.25, 0.3) is 0 Å². The van der Waals surface area contributed by atoms with Crippen molar-refractivity contribution < 1.29 is 4.39 Å². The van der Waals surface area contributed by atoms with Gasteiger partial charge >= 0.3 is 0 Å². The van der Waals surface area contributed by atoms with E-state index in [-0.39, 0.29) is 17.3 Å². The van der Waals surface area contributed by atoms with Gasteiger partial charge in [-0.3, -0.25) is 0 Å². The van der Waals surface area contributed by atoms with Crippen molar-refractivity contribution in [2.24, 2.45) is 5.41 Å². The van der Waals surface area contributed by atoms with Crippen molar-refractivity contribution in [2.45, 2.75) is 46.6 Å². The molecule has 1 N–H and O–H groups in total. The minimum absolute atomic E-state index is 0.123. The molecule has 0 aliphatic carbocycles. The Kier molecular flexibility index (Phi) is 5.61. The van der Waals surface area contributed by atoms with Gasteiger partial charge in [0.15, 0.2) is 0 Å². The highest BCUT2D eigenvalue weighted by molar-refractivity contribution is 6.31. The first-order valence-electron chi connectivity index (χ1n) is 6.52. The van der Waals surface area contributed by atoms with Gasteiger partial charge in [-0.15, -0.1) is 0 Å². The molecule has 0 saturated carbocycles. The molecule has 3 heteroatoms. The maximum absolute atomic E-state index is 13.3. The average Bonchev–Trinajstić information content (AvgIpc) is 2.26. The summed E-state index contributed by atoms with van der Waals surface area (Å²) >= 11 is 6.17. The van der Waals surface area contributed by atoms with E-state index in [1.54, 1.807) is 12.1 Å². The minimum Gasteiger partial charge on any atom is -0.310 e. The van der Waals surface area contributed by atoms with Crippen molar-refractivity contribution in [3.05, 3.63) is 34.6 Å². The fraction of sp³-hybridized carbons (Fsp3) is 0.600. The van der Waals surface area contributed by atoms with E-state index >= 15 is 0 Å². The first-order valence-corrected chi connectivity index (χ1v) is 6.89. The normalized spacial score (nSPS) is 13.7. The molecule has 0 heterocycles. The molecule has 0 aliphatic heterocycles. The molecule has 0 aromatic heterocycles. The predicted octanol–water partition coefficient (Wildman–Crippen LogP) is 4.96. The molecule has 0 bridgehead atoms. The van der Waals surface area contributed by atoms with E-state index in [1.165, 1.54) is 6.07 Å². The first-order chi connectivity index (χ1) is 8.33. The van der Waals surface area contributed by atoms with E-state index in [2.05, 4.69) is 33.0 Å². The van der Waals surface area contributed by atoms with Crippen LogP contribution in [0.5, 0.6) is 0 Å². The predicted molar refractivity (Wildman–Crippen MR) is 76.5 cm³/mol. The second-order valence-electron chi connectivity index (χ2n) is 5.88. The highest BCUT2D eigenvalue weighted by Crippen LogP contribution is 2.31. The summed E-state index contributed by atoms with van der Waals surface area (Å²) < 4.78 is 13.3. The lowest BCUT2D eigenvalue weighted by atomic mass is 9.87. The van der Waals surface area contributed by atoms with E-state index in [0.29, 0.717) is 5.02 Å². The zero-order chi connectivity index (χ0) is 13.8. The number of halogens is 2. The molecular formula is C15H23ClFN. The summed E-state index contributed by atoms with van der Waals surface area (Å²) in [7, 11) is 0. The monoisotopic (exact) mass is 271 g/mol. The van der Waals surface area contributed by atoms with Gasteiger partial charge in [0.05, 0.1) is 0 Å². The zero-order valence-corrected chi connectivity index (χ0v) is 12.4.